The van der Waals surface area contributed by atoms with Crippen LogP contribution in [0.1, 0.15) is 25.3 Å². The number of pyridine rings is 1. The number of benzene rings is 1. The van der Waals surface area contributed by atoms with Crippen molar-refractivity contribution < 1.29 is 17.9 Å². The highest BCUT2D eigenvalue weighted by Gasteiger charge is 2.27. The van der Waals surface area contributed by atoms with Crippen molar-refractivity contribution in [2.45, 2.75) is 35.7 Å². The SMILES string of the molecule is CC(C)c1cn2ccccc2c1S(=O)(=O)c1ccc(OCC2CO2)cc1. The monoisotopic (exact) mass is 371 g/mol. The summed E-state index contributed by atoms with van der Waals surface area (Å²) in [6.45, 7) is 5.23. The van der Waals surface area contributed by atoms with Crippen molar-refractivity contribution in [3.63, 3.8) is 0 Å². The Hall–Kier alpha value is -2.31. The van der Waals surface area contributed by atoms with Crippen LogP contribution in [-0.2, 0) is 14.6 Å². The minimum absolute atomic E-state index is 0.0980. The van der Waals surface area contributed by atoms with Gasteiger partial charge in [0.25, 0.3) is 0 Å². The molecule has 26 heavy (non-hydrogen) atoms. The zero-order valence-corrected chi connectivity index (χ0v) is 15.6. The average Bonchev–Trinajstić information content (AvgIpc) is 3.37. The minimum atomic E-state index is -3.63. The lowest BCUT2D eigenvalue weighted by atomic mass is 10.1. The van der Waals surface area contributed by atoms with Gasteiger partial charge in [-0.05, 0) is 47.9 Å². The summed E-state index contributed by atoms with van der Waals surface area (Å²) in [5.74, 6) is 0.742. The molecule has 0 spiro atoms. The number of hydrogen-bond acceptors (Lipinski definition) is 4. The molecule has 4 rings (SSSR count). The topological polar surface area (TPSA) is 60.3 Å². The molecule has 0 radical (unpaired) electrons. The molecular formula is C20H21NO4S. The summed E-state index contributed by atoms with van der Waals surface area (Å²) >= 11 is 0. The van der Waals surface area contributed by atoms with Crippen LogP contribution >= 0.6 is 0 Å². The third-order valence-electron chi connectivity index (χ3n) is 4.53. The van der Waals surface area contributed by atoms with Gasteiger partial charge in [0.2, 0.25) is 9.84 Å². The molecular weight excluding hydrogens is 350 g/mol. The summed E-state index contributed by atoms with van der Waals surface area (Å²) in [7, 11) is -3.63. The second kappa shape index (κ2) is 6.45. The van der Waals surface area contributed by atoms with Crippen molar-refractivity contribution in [1.82, 2.24) is 4.40 Å². The molecule has 1 aliphatic rings. The van der Waals surface area contributed by atoms with Crippen molar-refractivity contribution in [1.29, 1.82) is 0 Å². The summed E-state index contributed by atoms with van der Waals surface area (Å²) in [4.78, 5) is 0.652. The fourth-order valence-corrected chi connectivity index (χ4v) is 4.79. The van der Waals surface area contributed by atoms with Gasteiger partial charge in [-0.25, -0.2) is 8.42 Å². The highest BCUT2D eigenvalue weighted by atomic mass is 32.2. The minimum Gasteiger partial charge on any atom is -0.491 e. The molecule has 1 aromatic carbocycles. The van der Waals surface area contributed by atoms with Crippen LogP contribution in [0, 0.1) is 0 Å². The van der Waals surface area contributed by atoms with Gasteiger partial charge in [-0.3, -0.25) is 0 Å². The summed E-state index contributed by atoms with van der Waals surface area (Å²) in [5.41, 5.74) is 1.52. The van der Waals surface area contributed by atoms with Crippen LogP contribution in [0.25, 0.3) is 5.52 Å². The maximum Gasteiger partial charge on any atom is 0.209 e. The highest BCUT2D eigenvalue weighted by Crippen LogP contribution is 2.34. The number of rotatable bonds is 6. The van der Waals surface area contributed by atoms with Crippen molar-refractivity contribution >= 4 is 15.4 Å². The van der Waals surface area contributed by atoms with E-state index in [0.717, 1.165) is 12.2 Å². The summed E-state index contributed by atoms with van der Waals surface area (Å²) < 4.78 is 39.3. The number of epoxide rings is 1. The predicted molar refractivity (Wildman–Crippen MR) is 98.6 cm³/mol. The quantitative estimate of drug-likeness (QED) is 0.620. The molecule has 0 saturated carbocycles. The van der Waals surface area contributed by atoms with Gasteiger partial charge in [-0.15, -0.1) is 0 Å². The van der Waals surface area contributed by atoms with Gasteiger partial charge < -0.3 is 13.9 Å². The van der Waals surface area contributed by atoms with Gasteiger partial charge in [-0.2, -0.15) is 0 Å². The van der Waals surface area contributed by atoms with E-state index in [0.29, 0.717) is 22.8 Å². The van der Waals surface area contributed by atoms with E-state index in [1.807, 2.05) is 48.8 Å². The summed E-state index contributed by atoms with van der Waals surface area (Å²) in [5, 5.41) is 0. The predicted octanol–water partition coefficient (Wildman–Crippen LogP) is 3.67. The summed E-state index contributed by atoms with van der Waals surface area (Å²) in [6.07, 6.45) is 3.94. The normalized spacial score (nSPS) is 17.0. The molecule has 0 amide bonds. The fraction of sp³-hybridized carbons (Fsp3) is 0.300. The Morgan fingerprint density at radius 2 is 1.92 bits per heavy atom. The van der Waals surface area contributed by atoms with E-state index in [9.17, 15) is 8.42 Å². The molecule has 1 saturated heterocycles. The van der Waals surface area contributed by atoms with Gasteiger partial charge >= 0.3 is 0 Å². The van der Waals surface area contributed by atoms with Gasteiger partial charge in [-0.1, -0.05) is 19.9 Å². The molecule has 1 fully saturated rings. The molecule has 136 valence electrons. The first kappa shape index (κ1) is 17.1. The fourth-order valence-electron chi connectivity index (χ4n) is 3.01. The Labute approximate surface area is 153 Å². The number of fused-ring (bicyclic) bond motifs is 1. The first-order valence-electron chi connectivity index (χ1n) is 8.66. The van der Waals surface area contributed by atoms with Crippen LogP contribution in [0.15, 0.2) is 64.6 Å². The molecule has 2 aromatic heterocycles. The molecule has 0 N–H and O–H groups in total. The lowest BCUT2D eigenvalue weighted by molar-refractivity contribution is 0.263. The Morgan fingerprint density at radius 1 is 1.19 bits per heavy atom. The van der Waals surface area contributed by atoms with E-state index in [4.69, 9.17) is 9.47 Å². The van der Waals surface area contributed by atoms with Crippen LogP contribution in [0.2, 0.25) is 0 Å². The number of aromatic nitrogens is 1. The van der Waals surface area contributed by atoms with Gasteiger partial charge in [0.1, 0.15) is 23.4 Å². The molecule has 3 aromatic rings. The lowest BCUT2D eigenvalue weighted by Crippen LogP contribution is -2.06. The van der Waals surface area contributed by atoms with E-state index in [1.165, 1.54) is 0 Å². The smallest absolute Gasteiger partial charge is 0.209 e. The van der Waals surface area contributed by atoms with Crippen LogP contribution in [-0.4, -0.2) is 32.1 Å². The van der Waals surface area contributed by atoms with Crippen LogP contribution in [0.5, 0.6) is 5.75 Å². The van der Waals surface area contributed by atoms with Crippen LogP contribution in [0.3, 0.4) is 0 Å². The molecule has 1 atom stereocenters. The average molecular weight is 371 g/mol. The van der Waals surface area contributed by atoms with Crippen molar-refractivity contribution in [2.24, 2.45) is 0 Å². The molecule has 0 aliphatic carbocycles. The second-order valence-electron chi connectivity index (χ2n) is 6.80. The Bertz CT molecular complexity index is 1030. The first-order valence-corrected chi connectivity index (χ1v) is 10.1. The van der Waals surface area contributed by atoms with E-state index < -0.39 is 9.84 Å². The summed E-state index contributed by atoms with van der Waals surface area (Å²) in [6, 6.07) is 12.2. The number of sulfone groups is 1. The van der Waals surface area contributed by atoms with E-state index in [1.54, 1.807) is 24.3 Å². The molecule has 1 unspecified atom stereocenters. The number of ether oxygens (including phenoxy) is 2. The van der Waals surface area contributed by atoms with Crippen molar-refractivity contribution in [2.75, 3.05) is 13.2 Å². The van der Waals surface area contributed by atoms with Gasteiger partial charge in [0.15, 0.2) is 0 Å². The number of hydrogen-bond donors (Lipinski definition) is 0. The van der Waals surface area contributed by atoms with Crippen LogP contribution < -0.4 is 4.74 Å². The van der Waals surface area contributed by atoms with Gasteiger partial charge in [0, 0.05) is 12.4 Å². The Kier molecular flexibility index (Phi) is 4.25. The Morgan fingerprint density at radius 3 is 2.58 bits per heavy atom. The maximum absolute atomic E-state index is 13.3. The van der Waals surface area contributed by atoms with Crippen molar-refractivity contribution in [3.8, 4) is 5.75 Å². The zero-order valence-electron chi connectivity index (χ0n) is 14.8. The zero-order chi connectivity index (χ0) is 18.3. The molecule has 5 nitrogen and oxygen atoms in total. The lowest BCUT2D eigenvalue weighted by Gasteiger charge is -2.10. The van der Waals surface area contributed by atoms with Crippen molar-refractivity contribution in [3.05, 3.63) is 60.4 Å². The molecule has 6 heteroatoms. The second-order valence-corrected chi connectivity index (χ2v) is 8.69. The third kappa shape index (κ3) is 3.10. The van der Waals surface area contributed by atoms with Gasteiger partial charge in [0.05, 0.1) is 17.0 Å². The molecule has 0 bridgehead atoms. The first-order chi connectivity index (χ1) is 12.5. The van der Waals surface area contributed by atoms with E-state index in [-0.39, 0.29) is 16.9 Å². The largest absolute Gasteiger partial charge is 0.491 e. The molecule has 3 heterocycles. The van der Waals surface area contributed by atoms with E-state index >= 15 is 0 Å². The number of nitrogens with zero attached hydrogens (tertiary/aromatic N) is 1. The highest BCUT2D eigenvalue weighted by molar-refractivity contribution is 7.91. The Balaban J connectivity index is 1.74. The van der Waals surface area contributed by atoms with Crippen LogP contribution in [0.4, 0.5) is 0 Å². The standard InChI is InChI=1S/C20H21NO4S/c1-14(2)18-11-21-10-4-3-5-19(21)20(18)26(22,23)17-8-6-15(7-9-17)24-12-16-13-25-16/h3-11,14,16H,12-13H2,1-2H3. The third-order valence-corrected chi connectivity index (χ3v) is 6.40. The maximum atomic E-state index is 13.3. The molecule has 1 aliphatic heterocycles. The van der Waals surface area contributed by atoms with E-state index in [2.05, 4.69) is 0 Å².